The molecule has 4 nitrogen and oxygen atoms in total. The third-order valence-corrected chi connectivity index (χ3v) is 4.95. The van der Waals surface area contributed by atoms with Gasteiger partial charge >= 0.3 is 0 Å². The second kappa shape index (κ2) is 6.03. The number of carbonyl (C=O) groups is 1. The van der Waals surface area contributed by atoms with Crippen molar-refractivity contribution in [2.45, 2.75) is 19.4 Å². The molecule has 1 fully saturated rings. The van der Waals surface area contributed by atoms with Crippen LogP contribution in [0.3, 0.4) is 0 Å². The van der Waals surface area contributed by atoms with E-state index in [4.69, 9.17) is 4.74 Å². The Kier molecular flexibility index (Phi) is 4.14. The fourth-order valence-corrected chi connectivity index (χ4v) is 3.71. The predicted octanol–water partition coefficient (Wildman–Crippen LogP) is 3.12. The van der Waals surface area contributed by atoms with E-state index in [1.54, 1.807) is 11.3 Å². The second-order valence-electron chi connectivity index (χ2n) is 4.70. The normalized spacial score (nSPS) is 19.2. The zero-order chi connectivity index (χ0) is 13.9. The summed E-state index contributed by atoms with van der Waals surface area (Å²) in [4.78, 5) is 18.8. The molecule has 0 radical (unpaired) electrons. The first-order valence-electron chi connectivity index (χ1n) is 6.67. The fraction of sp³-hybridized carbons (Fsp3) is 0.429. The first kappa shape index (κ1) is 13.7. The smallest absolute Gasteiger partial charge is 0.273 e. The van der Waals surface area contributed by atoms with Crippen molar-refractivity contribution < 1.29 is 9.53 Å². The van der Waals surface area contributed by atoms with Gasteiger partial charge in [0.15, 0.2) is 0 Å². The number of hydrogen-bond donors (Lipinski definition) is 0. The summed E-state index contributed by atoms with van der Waals surface area (Å²) in [7, 11) is 0. The molecule has 1 amide bonds. The predicted molar refractivity (Wildman–Crippen MR) is 81.4 cm³/mol. The van der Waals surface area contributed by atoms with E-state index in [1.165, 1.54) is 11.3 Å². The van der Waals surface area contributed by atoms with E-state index in [0.29, 0.717) is 25.4 Å². The van der Waals surface area contributed by atoms with Gasteiger partial charge in [-0.3, -0.25) is 4.79 Å². The minimum Gasteiger partial charge on any atom is -0.375 e. The first-order chi connectivity index (χ1) is 9.78. The molecular formula is C14H16N2O2S2. The van der Waals surface area contributed by atoms with Crippen molar-refractivity contribution >= 4 is 28.6 Å². The van der Waals surface area contributed by atoms with Crippen LogP contribution in [0.15, 0.2) is 22.2 Å². The van der Waals surface area contributed by atoms with Crippen LogP contribution in [0.25, 0.3) is 10.6 Å². The number of morpholine rings is 1. The van der Waals surface area contributed by atoms with Crippen LogP contribution in [0, 0.1) is 0 Å². The summed E-state index contributed by atoms with van der Waals surface area (Å²) in [6, 6.07) is 2.03. The standard InChI is InChI=1S/C14H16N2O2S2/c1-2-11-7-16(4-5-18-11)14(17)12-9-20-13(15-12)10-3-6-19-8-10/h3,6,8-9,11H,2,4-5,7H2,1H3. The lowest BCUT2D eigenvalue weighted by atomic mass is 10.2. The molecule has 0 aromatic carbocycles. The highest BCUT2D eigenvalue weighted by atomic mass is 32.1. The Morgan fingerprint density at radius 1 is 1.55 bits per heavy atom. The van der Waals surface area contributed by atoms with Crippen LogP contribution in [-0.2, 0) is 4.74 Å². The van der Waals surface area contributed by atoms with Gasteiger partial charge in [0.1, 0.15) is 10.7 Å². The molecule has 2 aromatic heterocycles. The van der Waals surface area contributed by atoms with Crippen LogP contribution in [0.1, 0.15) is 23.8 Å². The molecule has 3 heterocycles. The zero-order valence-corrected chi connectivity index (χ0v) is 12.9. The Hall–Kier alpha value is -1.24. The van der Waals surface area contributed by atoms with E-state index in [1.807, 2.05) is 21.7 Å². The molecule has 1 aliphatic rings. The molecule has 20 heavy (non-hydrogen) atoms. The highest BCUT2D eigenvalue weighted by Crippen LogP contribution is 2.26. The third-order valence-electron chi connectivity index (χ3n) is 3.37. The van der Waals surface area contributed by atoms with Crippen molar-refractivity contribution in [3.63, 3.8) is 0 Å². The molecule has 0 aliphatic carbocycles. The van der Waals surface area contributed by atoms with Gasteiger partial charge in [0.25, 0.3) is 5.91 Å². The molecule has 2 aromatic rings. The molecule has 3 rings (SSSR count). The molecule has 0 N–H and O–H groups in total. The maximum Gasteiger partial charge on any atom is 0.273 e. The zero-order valence-electron chi connectivity index (χ0n) is 11.2. The van der Waals surface area contributed by atoms with Crippen molar-refractivity contribution in [3.05, 3.63) is 27.9 Å². The molecule has 1 aliphatic heterocycles. The number of rotatable bonds is 3. The number of nitrogens with zero attached hydrogens (tertiary/aromatic N) is 2. The highest BCUT2D eigenvalue weighted by molar-refractivity contribution is 7.14. The van der Waals surface area contributed by atoms with Gasteiger partial charge in [-0.2, -0.15) is 11.3 Å². The van der Waals surface area contributed by atoms with E-state index < -0.39 is 0 Å². The van der Waals surface area contributed by atoms with Crippen LogP contribution in [0.5, 0.6) is 0 Å². The molecule has 1 saturated heterocycles. The Bertz CT molecular complexity index is 580. The minimum atomic E-state index is 0.0180. The number of thiazole rings is 1. The largest absolute Gasteiger partial charge is 0.375 e. The average Bonchev–Trinajstić information content (AvgIpc) is 3.17. The Morgan fingerprint density at radius 3 is 3.20 bits per heavy atom. The van der Waals surface area contributed by atoms with Crippen LogP contribution >= 0.6 is 22.7 Å². The number of ether oxygens (including phenoxy) is 1. The summed E-state index contributed by atoms with van der Waals surface area (Å²) >= 11 is 3.16. The van der Waals surface area contributed by atoms with Crippen LogP contribution in [0.2, 0.25) is 0 Å². The van der Waals surface area contributed by atoms with Crippen molar-refractivity contribution in [3.8, 4) is 10.6 Å². The molecule has 1 atom stereocenters. The molecule has 0 spiro atoms. The summed E-state index contributed by atoms with van der Waals surface area (Å²) < 4.78 is 5.60. The van der Waals surface area contributed by atoms with Crippen molar-refractivity contribution in [1.82, 2.24) is 9.88 Å². The van der Waals surface area contributed by atoms with Gasteiger partial charge in [-0.15, -0.1) is 11.3 Å². The maximum atomic E-state index is 12.5. The van der Waals surface area contributed by atoms with E-state index >= 15 is 0 Å². The monoisotopic (exact) mass is 308 g/mol. The van der Waals surface area contributed by atoms with Gasteiger partial charge in [0.2, 0.25) is 0 Å². The van der Waals surface area contributed by atoms with E-state index in [0.717, 1.165) is 17.0 Å². The number of amides is 1. The SMILES string of the molecule is CCC1CN(C(=O)c2csc(-c3ccsc3)n2)CCO1. The number of hydrogen-bond acceptors (Lipinski definition) is 5. The number of aromatic nitrogens is 1. The van der Waals surface area contributed by atoms with Crippen LogP contribution in [-0.4, -0.2) is 41.6 Å². The summed E-state index contributed by atoms with van der Waals surface area (Å²) in [6.45, 7) is 4.02. The molecule has 1 unspecified atom stereocenters. The number of carbonyl (C=O) groups excluding carboxylic acids is 1. The van der Waals surface area contributed by atoms with Gasteiger partial charge < -0.3 is 9.64 Å². The maximum absolute atomic E-state index is 12.5. The molecule has 0 saturated carbocycles. The van der Waals surface area contributed by atoms with Gasteiger partial charge in [-0.1, -0.05) is 6.92 Å². The van der Waals surface area contributed by atoms with Gasteiger partial charge in [-0.25, -0.2) is 4.98 Å². The molecule has 6 heteroatoms. The second-order valence-corrected chi connectivity index (χ2v) is 6.34. The summed E-state index contributed by atoms with van der Waals surface area (Å²) in [6.07, 6.45) is 1.09. The van der Waals surface area contributed by atoms with Crippen molar-refractivity contribution in [2.75, 3.05) is 19.7 Å². The molecule has 0 bridgehead atoms. The van der Waals surface area contributed by atoms with E-state index in [9.17, 15) is 4.79 Å². The fourth-order valence-electron chi connectivity index (χ4n) is 2.20. The van der Waals surface area contributed by atoms with E-state index in [2.05, 4.69) is 17.3 Å². The lowest BCUT2D eigenvalue weighted by molar-refractivity contribution is -0.0227. The van der Waals surface area contributed by atoms with Gasteiger partial charge in [0.05, 0.1) is 12.7 Å². The Morgan fingerprint density at radius 2 is 2.45 bits per heavy atom. The summed E-state index contributed by atoms with van der Waals surface area (Å²) in [5.74, 6) is 0.0180. The van der Waals surface area contributed by atoms with E-state index in [-0.39, 0.29) is 12.0 Å². The van der Waals surface area contributed by atoms with Crippen LogP contribution < -0.4 is 0 Å². The molecule has 106 valence electrons. The quantitative estimate of drug-likeness (QED) is 0.875. The first-order valence-corrected chi connectivity index (χ1v) is 8.49. The lowest BCUT2D eigenvalue weighted by Crippen LogP contribution is -2.45. The van der Waals surface area contributed by atoms with Gasteiger partial charge in [0, 0.05) is 29.4 Å². The Labute approximate surface area is 126 Å². The molecular weight excluding hydrogens is 292 g/mol. The van der Waals surface area contributed by atoms with Gasteiger partial charge in [-0.05, 0) is 17.9 Å². The summed E-state index contributed by atoms with van der Waals surface area (Å²) in [5, 5.41) is 6.84. The third kappa shape index (κ3) is 2.77. The topological polar surface area (TPSA) is 42.4 Å². The van der Waals surface area contributed by atoms with Crippen molar-refractivity contribution in [1.29, 1.82) is 0 Å². The van der Waals surface area contributed by atoms with Crippen LogP contribution in [0.4, 0.5) is 0 Å². The Balaban J connectivity index is 1.74. The summed E-state index contributed by atoms with van der Waals surface area (Å²) in [5.41, 5.74) is 1.64. The highest BCUT2D eigenvalue weighted by Gasteiger charge is 2.25. The van der Waals surface area contributed by atoms with Crippen molar-refractivity contribution in [2.24, 2.45) is 0 Å². The number of thiophene rings is 1. The minimum absolute atomic E-state index is 0.0180. The lowest BCUT2D eigenvalue weighted by Gasteiger charge is -2.32. The average molecular weight is 308 g/mol.